The van der Waals surface area contributed by atoms with E-state index in [-0.39, 0.29) is 17.5 Å². The van der Waals surface area contributed by atoms with Crippen molar-refractivity contribution in [1.29, 1.82) is 0 Å². The molecule has 0 aliphatic carbocycles. The molecule has 1 fully saturated rings. The average molecular weight is 490 g/mol. The highest BCUT2D eigenvalue weighted by Crippen LogP contribution is 2.39. The molecule has 0 aromatic heterocycles. The zero-order valence-electron chi connectivity index (χ0n) is 18.8. The lowest BCUT2D eigenvalue weighted by molar-refractivity contribution is -0.143. The Kier molecular flexibility index (Phi) is 7.31. The molecule has 3 rings (SSSR count). The van der Waals surface area contributed by atoms with E-state index >= 15 is 0 Å². The number of hydrogen-bond acceptors (Lipinski definition) is 2. The number of rotatable bonds is 4. The van der Waals surface area contributed by atoms with Crippen molar-refractivity contribution in [2.75, 3.05) is 20.1 Å². The van der Waals surface area contributed by atoms with Crippen LogP contribution >= 0.6 is 0 Å². The zero-order chi connectivity index (χ0) is 25.4. The van der Waals surface area contributed by atoms with Gasteiger partial charge in [-0.1, -0.05) is 6.07 Å². The summed E-state index contributed by atoms with van der Waals surface area (Å²) in [5.74, 6) is -1.69. The summed E-state index contributed by atoms with van der Waals surface area (Å²) in [5, 5.41) is 3.19. The van der Waals surface area contributed by atoms with E-state index in [0.717, 1.165) is 5.56 Å². The molecule has 0 bridgehead atoms. The Bertz CT molecular complexity index is 1020. The number of amides is 1. The molecule has 2 aromatic rings. The lowest BCUT2D eigenvalue weighted by Crippen LogP contribution is -2.44. The number of hydrogen-bond donors (Lipinski definition) is 1. The number of carbonyl (C=O) groups excluding carboxylic acids is 1. The first-order valence-corrected chi connectivity index (χ1v) is 10.7. The summed E-state index contributed by atoms with van der Waals surface area (Å²) in [7, 11) is 1.37. The van der Waals surface area contributed by atoms with Crippen LogP contribution in [-0.4, -0.2) is 30.9 Å². The van der Waals surface area contributed by atoms with Crippen LogP contribution in [0.1, 0.15) is 53.1 Å². The molecule has 3 nitrogen and oxygen atoms in total. The standard InChI is InChI=1S/C24H25F7N2O/c1-13-8-18(25)4-5-19(13)21-12-32-7-6-20(21)22(34)33(3)14(2)15-9-16(23(26,27)28)11-17(10-15)24(29,30)31/h4-5,8-11,14,20-21,32H,6-7,12H2,1-3H3/t14-,20+,21-/m1/s1. The highest BCUT2D eigenvalue weighted by Gasteiger charge is 2.39. The monoisotopic (exact) mass is 490 g/mol. The van der Waals surface area contributed by atoms with Crippen molar-refractivity contribution in [3.63, 3.8) is 0 Å². The molecule has 1 amide bonds. The van der Waals surface area contributed by atoms with Gasteiger partial charge >= 0.3 is 12.4 Å². The topological polar surface area (TPSA) is 32.3 Å². The molecule has 1 N–H and O–H groups in total. The molecule has 0 saturated carbocycles. The molecule has 0 unspecified atom stereocenters. The van der Waals surface area contributed by atoms with E-state index in [9.17, 15) is 35.5 Å². The van der Waals surface area contributed by atoms with E-state index in [2.05, 4.69) is 5.32 Å². The van der Waals surface area contributed by atoms with Crippen LogP contribution in [0, 0.1) is 18.7 Å². The molecule has 1 aliphatic heterocycles. The van der Waals surface area contributed by atoms with Crippen LogP contribution in [0.2, 0.25) is 0 Å². The van der Waals surface area contributed by atoms with Crippen LogP contribution in [-0.2, 0) is 17.1 Å². The summed E-state index contributed by atoms with van der Waals surface area (Å²) in [4.78, 5) is 14.6. The highest BCUT2D eigenvalue weighted by atomic mass is 19.4. The summed E-state index contributed by atoms with van der Waals surface area (Å²) < 4.78 is 93.2. The Labute approximate surface area is 192 Å². The maximum Gasteiger partial charge on any atom is 0.416 e. The number of alkyl halides is 6. The fourth-order valence-electron chi connectivity index (χ4n) is 4.43. The summed E-state index contributed by atoms with van der Waals surface area (Å²) in [6.07, 6.45) is -9.52. The third kappa shape index (κ3) is 5.54. The number of benzene rings is 2. The number of piperidine rings is 1. The average Bonchev–Trinajstić information content (AvgIpc) is 2.76. The fraction of sp³-hybridized carbons (Fsp3) is 0.458. The smallest absolute Gasteiger partial charge is 0.339 e. The Balaban J connectivity index is 1.94. The highest BCUT2D eigenvalue weighted by molar-refractivity contribution is 5.80. The Hall–Kier alpha value is -2.62. The summed E-state index contributed by atoms with van der Waals surface area (Å²) in [6, 6.07) is 4.58. The predicted molar refractivity (Wildman–Crippen MR) is 112 cm³/mol. The van der Waals surface area contributed by atoms with Gasteiger partial charge in [0.1, 0.15) is 5.82 Å². The van der Waals surface area contributed by atoms with Crippen LogP contribution in [0.25, 0.3) is 0 Å². The number of aryl methyl sites for hydroxylation is 1. The summed E-state index contributed by atoms with van der Waals surface area (Å²) >= 11 is 0. The van der Waals surface area contributed by atoms with Crippen molar-refractivity contribution < 1.29 is 35.5 Å². The molecule has 1 heterocycles. The number of nitrogens with one attached hydrogen (secondary N) is 1. The minimum absolute atomic E-state index is 0.0676. The first-order valence-electron chi connectivity index (χ1n) is 10.7. The minimum Gasteiger partial charge on any atom is -0.339 e. The molecule has 3 atom stereocenters. The number of halogens is 7. The lowest BCUT2D eigenvalue weighted by atomic mass is 9.79. The third-order valence-corrected chi connectivity index (χ3v) is 6.45. The molecule has 186 valence electrons. The van der Waals surface area contributed by atoms with Gasteiger partial charge in [0.05, 0.1) is 17.2 Å². The van der Waals surface area contributed by atoms with E-state index in [1.54, 1.807) is 13.0 Å². The minimum atomic E-state index is -4.97. The van der Waals surface area contributed by atoms with Crippen molar-refractivity contribution in [2.24, 2.45) is 5.92 Å². The Morgan fingerprint density at radius 3 is 2.15 bits per heavy atom. The molecule has 1 aliphatic rings. The van der Waals surface area contributed by atoms with Gasteiger partial charge in [0.2, 0.25) is 5.91 Å². The van der Waals surface area contributed by atoms with E-state index in [1.807, 2.05) is 0 Å². The largest absolute Gasteiger partial charge is 0.416 e. The fourth-order valence-corrected chi connectivity index (χ4v) is 4.43. The van der Waals surface area contributed by atoms with Crippen LogP contribution < -0.4 is 5.32 Å². The van der Waals surface area contributed by atoms with Crippen molar-refractivity contribution in [1.82, 2.24) is 10.2 Å². The Morgan fingerprint density at radius 1 is 1.03 bits per heavy atom. The Morgan fingerprint density at radius 2 is 1.62 bits per heavy atom. The molecule has 0 spiro atoms. The first-order chi connectivity index (χ1) is 15.7. The van der Waals surface area contributed by atoms with Gasteiger partial charge in [-0.25, -0.2) is 4.39 Å². The second-order valence-electron chi connectivity index (χ2n) is 8.67. The summed E-state index contributed by atoms with van der Waals surface area (Å²) in [6.45, 7) is 4.08. The van der Waals surface area contributed by atoms with Gasteiger partial charge in [-0.2, -0.15) is 26.3 Å². The molecule has 10 heteroatoms. The van der Waals surface area contributed by atoms with Crippen molar-refractivity contribution >= 4 is 5.91 Å². The number of carbonyl (C=O) groups is 1. The van der Waals surface area contributed by atoms with E-state index in [4.69, 9.17) is 0 Å². The van der Waals surface area contributed by atoms with Crippen LogP contribution in [0.3, 0.4) is 0 Å². The quantitative estimate of drug-likeness (QED) is 0.527. The maximum absolute atomic E-state index is 13.6. The second-order valence-corrected chi connectivity index (χ2v) is 8.67. The molecular weight excluding hydrogens is 465 g/mol. The van der Waals surface area contributed by atoms with Gasteiger partial charge in [0, 0.05) is 25.4 Å². The van der Waals surface area contributed by atoms with E-state index in [0.29, 0.717) is 37.2 Å². The summed E-state index contributed by atoms with van der Waals surface area (Å²) in [5.41, 5.74) is -1.68. The van der Waals surface area contributed by atoms with Gasteiger partial charge in [-0.05, 0) is 73.8 Å². The maximum atomic E-state index is 13.6. The third-order valence-electron chi connectivity index (χ3n) is 6.45. The molecule has 2 aromatic carbocycles. The van der Waals surface area contributed by atoms with Crippen LogP contribution in [0.4, 0.5) is 30.7 Å². The van der Waals surface area contributed by atoms with Gasteiger partial charge in [-0.3, -0.25) is 4.79 Å². The van der Waals surface area contributed by atoms with Gasteiger partial charge in [0.15, 0.2) is 0 Å². The van der Waals surface area contributed by atoms with Gasteiger partial charge in [0.25, 0.3) is 0 Å². The van der Waals surface area contributed by atoms with Crippen LogP contribution in [0.5, 0.6) is 0 Å². The molecule has 34 heavy (non-hydrogen) atoms. The van der Waals surface area contributed by atoms with Crippen molar-refractivity contribution in [2.45, 2.75) is 44.6 Å². The molecule has 1 saturated heterocycles. The van der Waals surface area contributed by atoms with Crippen molar-refractivity contribution in [3.05, 3.63) is 70.0 Å². The van der Waals surface area contributed by atoms with Crippen molar-refractivity contribution in [3.8, 4) is 0 Å². The van der Waals surface area contributed by atoms with Gasteiger partial charge < -0.3 is 10.2 Å². The molecular formula is C24H25F7N2O. The van der Waals surface area contributed by atoms with Crippen LogP contribution in [0.15, 0.2) is 36.4 Å². The van der Waals surface area contributed by atoms with E-state index in [1.165, 1.54) is 31.0 Å². The van der Waals surface area contributed by atoms with Gasteiger partial charge in [-0.15, -0.1) is 0 Å². The zero-order valence-corrected chi connectivity index (χ0v) is 18.8. The number of nitrogens with zero attached hydrogens (tertiary/aromatic N) is 1. The molecule has 0 radical (unpaired) electrons. The predicted octanol–water partition coefficient (Wildman–Crippen LogP) is 6.08. The second kappa shape index (κ2) is 9.56. The SMILES string of the molecule is Cc1cc(F)ccc1[C@H]1CNCC[C@@H]1C(=O)N(C)[C@H](C)c1cc(C(F)(F)F)cc(C(F)(F)F)c1. The van der Waals surface area contributed by atoms with E-state index < -0.39 is 47.2 Å². The first kappa shape index (κ1) is 26.0. The lowest BCUT2D eigenvalue weighted by Gasteiger charge is -2.37. The normalized spacial score (nSPS) is 20.2.